The fourth-order valence-corrected chi connectivity index (χ4v) is 3.04. The fourth-order valence-electron chi connectivity index (χ4n) is 3.04. The van der Waals surface area contributed by atoms with Crippen LogP contribution in [0.1, 0.15) is 24.8 Å². The number of nitrogens with zero attached hydrogens (tertiary/aromatic N) is 1. The van der Waals surface area contributed by atoms with Gasteiger partial charge in [-0.05, 0) is 62.4 Å². The summed E-state index contributed by atoms with van der Waals surface area (Å²) in [7, 11) is 0. The highest BCUT2D eigenvalue weighted by Crippen LogP contribution is 2.22. The van der Waals surface area contributed by atoms with E-state index in [0.29, 0.717) is 0 Å². The zero-order valence-corrected chi connectivity index (χ0v) is 10.5. The third-order valence-electron chi connectivity index (χ3n) is 4.09. The quantitative estimate of drug-likeness (QED) is 0.858. The van der Waals surface area contributed by atoms with Crippen molar-refractivity contribution in [2.24, 2.45) is 5.92 Å². The second kappa shape index (κ2) is 5.09. The molecule has 0 bridgehead atoms. The molecule has 17 heavy (non-hydrogen) atoms. The molecule has 0 aromatic heterocycles. The van der Waals surface area contributed by atoms with Crippen LogP contribution in [0.4, 0.5) is 5.69 Å². The van der Waals surface area contributed by atoms with Crippen molar-refractivity contribution in [2.75, 3.05) is 31.1 Å². The second-order valence-electron chi connectivity index (χ2n) is 5.42. The van der Waals surface area contributed by atoms with Crippen LogP contribution in [-0.2, 0) is 6.42 Å². The normalized spacial score (nSPS) is 24.5. The highest BCUT2D eigenvalue weighted by Gasteiger charge is 2.15. The van der Waals surface area contributed by atoms with Gasteiger partial charge in [-0.3, -0.25) is 0 Å². The van der Waals surface area contributed by atoms with Crippen molar-refractivity contribution in [1.82, 2.24) is 5.32 Å². The van der Waals surface area contributed by atoms with Gasteiger partial charge < -0.3 is 10.2 Å². The molecule has 2 heterocycles. The Bertz CT molecular complexity index is 346. The molecule has 0 aliphatic carbocycles. The average Bonchev–Trinajstić information content (AvgIpc) is 3.01. The largest absolute Gasteiger partial charge is 0.372 e. The summed E-state index contributed by atoms with van der Waals surface area (Å²) in [5.41, 5.74) is 2.91. The molecule has 1 aromatic carbocycles. The average molecular weight is 230 g/mol. The predicted octanol–water partition coefficient (Wildman–Crippen LogP) is 2.44. The Hall–Kier alpha value is -1.02. The summed E-state index contributed by atoms with van der Waals surface area (Å²) in [4.78, 5) is 2.50. The lowest BCUT2D eigenvalue weighted by Gasteiger charge is -2.18. The third-order valence-corrected chi connectivity index (χ3v) is 4.09. The summed E-state index contributed by atoms with van der Waals surface area (Å²) in [5.74, 6) is 0.854. The minimum Gasteiger partial charge on any atom is -0.372 e. The van der Waals surface area contributed by atoms with Crippen molar-refractivity contribution in [2.45, 2.75) is 25.7 Å². The molecule has 2 nitrogen and oxygen atoms in total. The van der Waals surface area contributed by atoms with Crippen LogP contribution >= 0.6 is 0 Å². The highest BCUT2D eigenvalue weighted by molar-refractivity contribution is 5.48. The molecule has 92 valence electrons. The van der Waals surface area contributed by atoms with Gasteiger partial charge in [0.15, 0.2) is 0 Å². The zero-order chi connectivity index (χ0) is 11.5. The molecule has 0 spiro atoms. The van der Waals surface area contributed by atoms with Crippen LogP contribution in [0.3, 0.4) is 0 Å². The van der Waals surface area contributed by atoms with Gasteiger partial charge in [-0.2, -0.15) is 0 Å². The summed E-state index contributed by atoms with van der Waals surface area (Å²) in [6.07, 6.45) is 5.30. The van der Waals surface area contributed by atoms with Crippen LogP contribution in [0, 0.1) is 5.92 Å². The topological polar surface area (TPSA) is 15.3 Å². The van der Waals surface area contributed by atoms with Crippen LogP contribution in [-0.4, -0.2) is 26.2 Å². The minimum atomic E-state index is 0.854. The van der Waals surface area contributed by atoms with E-state index in [9.17, 15) is 0 Å². The van der Waals surface area contributed by atoms with Gasteiger partial charge >= 0.3 is 0 Å². The molecule has 2 aliphatic rings. The number of nitrogens with one attached hydrogen (secondary N) is 1. The van der Waals surface area contributed by atoms with Gasteiger partial charge in [0.1, 0.15) is 0 Å². The Morgan fingerprint density at radius 1 is 1.12 bits per heavy atom. The monoisotopic (exact) mass is 230 g/mol. The fraction of sp³-hybridized carbons (Fsp3) is 0.600. The van der Waals surface area contributed by atoms with Crippen molar-refractivity contribution in [3.8, 4) is 0 Å². The van der Waals surface area contributed by atoms with E-state index < -0.39 is 0 Å². The van der Waals surface area contributed by atoms with Crippen LogP contribution < -0.4 is 10.2 Å². The standard InChI is InChI=1S/C15H22N2/c1-2-10-17(9-1)15-5-3-13(4-6-15)11-14-7-8-16-12-14/h3-6,14,16H,1-2,7-12H2. The van der Waals surface area contributed by atoms with Gasteiger partial charge in [-0.1, -0.05) is 12.1 Å². The Morgan fingerprint density at radius 2 is 1.88 bits per heavy atom. The Morgan fingerprint density at radius 3 is 2.53 bits per heavy atom. The smallest absolute Gasteiger partial charge is 0.0366 e. The van der Waals surface area contributed by atoms with Gasteiger partial charge in [0.2, 0.25) is 0 Å². The van der Waals surface area contributed by atoms with Crippen molar-refractivity contribution >= 4 is 5.69 Å². The first kappa shape index (κ1) is 11.1. The minimum absolute atomic E-state index is 0.854. The summed E-state index contributed by atoms with van der Waals surface area (Å²) in [6.45, 7) is 4.89. The van der Waals surface area contributed by atoms with Gasteiger partial charge in [-0.25, -0.2) is 0 Å². The van der Waals surface area contributed by atoms with Gasteiger partial charge in [-0.15, -0.1) is 0 Å². The van der Waals surface area contributed by atoms with E-state index in [1.54, 1.807) is 0 Å². The molecular formula is C15H22N2. The summed E-state index contributed by atoms with van der Waals surface area (Å²) >= 11 is 0. The molecule has 0 radical (unpaired) electrons. The molecule has 1 N–H and O–H groups in total. The molecular weight excluding hydrogens is 208 g/mol. The lowest BCUT2D eigenvalue weighted by molar-refractivity contribution is 0.580. The van der Waals surface area contributed by atoms with E-state index in [1.807, 2.05) is 0 Å². The van der Waals surface area contributed by atoms with Crippen molar-refractivity contribution < 1.29 is 0 Å². The lowest BCUT2D eigenvalue weighted by Crippen LogP contribution is -2.17. The molecule has 0 saturated carbocycles. The van der Waals surface area contributed by atoms with E-state index in [2.05, 4.69) is 34.5 Å². The molecule has 2 saturated heterocycles. The molecule has 1 unspecified atom stereocenters. The summed E-state index contributed by atoms with van der Waals surface area (Å²) in [5, 5.41) is 3.44. The molecule has 0 amide bonds. The Labute approximate surface area is 104 Å². The first-order chi connectivity index (χ1) is 8.42. The molecule has 1 atom stereocenters. The summed E-state index contributed by atoms with van der Waals surface area (Å²) in [6, 6.07) is 9.27. The van der Waals surface area contributed by atoms with E-state index in [0.717, 1.165) is 5.92 Å². The summed E-state index contributed by atoms with van der Waals surface area (Å²) < 4.78 is 0. The number of anilines is 1. The number of benzene rings is 1. The maximum atomic E-state index is 3.44. The second-order valence-corrected chi connectivity index (χ2v) is 5.42. The maximum absolute atomic E-state index is 3.44. The van der Waals surface area contributed by atoms with E-state index in [4.69, 9.17) is 0 Å². The Balaban J connectivity index is 1.62. The first-order valence-electron chi connectivity index (χ1n) is 6.96. The lowest BCUT2D eigenvalue weighted by atomic mass is 9.98. The van der Waals surface area contributed by atoms with Crippen molar-refractivity contribution in [3.63, 3.8) is 0 Å². The predicted molar refractivity (Wildman–Crippen MR) is 72.6 cm³/mol. The number of hydrogen-bond donors (Lipinski definition) is 1. The Kier molecular flexibility index (Phi) is 3.32. The highest BCUT2D eigenvalue weighted by atomic mass is 15.1. The van der Waals surface area contributed by atoms with Crippen molar-refractivity contribution in [3.05, 3.63) is 29.8 Å². The molecule has 2 fully saturated rings. The third kappa shape index (κ3) is 2.63. The first-order valence-corrected chi connectivity index (χ1v) is 6.96. The van der Waals surface area contributed by atoms with Crippen LogP contribution in [0.5, 0.6) is 0 Å². The van der Waals surface area contributed by atoms with E-state index in [-0.39, 0.29) is 0 Å². The van der Waals surface area contributed by atoms with Crippen LogP contribution in [0.15, 0.2) is 24.3 Å². The van der Waals surface area contributed by atoms with E-state index in [1.165, 1.54) is 63.1 Å². The van der Waals surface area contributed by atoms with Gasteiger partial charge in [0.05, 0.1) is 0 Å². The van der Waals surface area contributed by atoms with Gasteiger partial charge in [0.25, 0.3) is 0 Å². The van der Waals surface area contributed by atoms with Gasteiger partial charge in [0, 0.05) is 18.8 Å². The maximum Gasteiger partial charge on any atom is 0.0366 e. The number of hydrogen-bond acceptors (Lipinski definition) is 2. The van der Waals surface area contributed by atoms with Crippen LogP contribution in [0.25, 0.3) is 0 Å². The zero-order valence-electron chi connectivity index (χ0n) is 10.5. The molecule has 2 heteroatoms. The molecule has 1 aromatic rings. The molecule has 3 rings (SSSR count). The van der Waals surface area contributed by atoms with E-state index >= 15 is 0 Å². The molecule has 2 aliphatic heterocycles. The SMILES string of the molecule is c1cc(N2CCCC2)ccc1CC1CCNC1. The number of rotatable bonds is 3. The van der Waals surface area contributed by atoms with Crippen LogP contribution in [0.2, 0.25) is 0 Å². The van der Waals surface area contributed by atoms with Crippen molar-refractivity contribution in [1.29, 1.82) is 0 Å².